The van der Waals surface area contributed by atoms with Crippen LogP contribution in [0.15, 0.2) is 11.6 Å². The van der Waals surface area contributed by atoms with Crippen LogP contribution in [0.2, 0.25) is 0 Å². The summed E-state index contributed by atoms with van der Waals surface area (Å²) in [5.41, 5.74) is 1.98. The van der Waals surface area contributed by atoms with Crippen molar-refractivity contribution in [3.8, 4) is 0 Å². The number of rotatable bonds is 2. The highest BCUT2D eigenvalue weighted by atomic mass is 16.3. The van der Waals surface area contributed by atoms with E-state index in [0.717, 1.165) is 31.6 Å². The Bertz CT molecular complexity index is 626. The second-order valence-electron chi connectivity index (χ2n) is 10.6. The normalized spacial score (nSPS) is 50.7. The molecule has 4 aliphatic rings. The van der Waals surface area contributed by atoms with Gasteiger partial charge in [-0.1, -0.05) is 25.5 Å². The molecule has 0 spiro atoms. The Balaban J connectivity index is 1.69. The molecule has 26 heavy (non-hydrogen) atoms. The lowest BCUT2D eigenvalue weighted by Gasteiger charge is -2.57. The summed E-state index contributed by atoms with van der Waals surface area (Å²) in [6.07, 6.45) is 10.1. The van der Waals surface area contributed by atoms with Gasteiger partial charge in [-0.2, -0.15) is 0 Å². The van der Waals surface area contributed by atoms with Crippen molar-refractivity contribution in [1.29, 1.82) is 0 Å². The Labute approximate surface area is 159 Å². The van der Waals surface area contributed by atoms with Gasteiger partial charge < -0.3 is 10.0 Å². The van der Waals surface area contributed by atoms with Crippen molar-refractivity contribution in [2.45, 2.75) is 77.9 Å². The molecule has 0 unspecified atom stereocenters. The predicted molar refractivity (Wildman–Crippen MR) is 105 cm³/mol. The lowest BCUT2D eigenvalue weighted by atomic mass is 9.47. The van der Waals surface area contributed by atoms with E-state index in [1.807, 2.05) is 6.92 Å². The zero-order valence-electron chi connectivity index (χ0n) is 17.3. The molecule has 0 aromatic rings. The van der Waals surface area contributed by atoms with Crippen molar-refractivity contribution < 1.29 is 9.90 Å². The molecule has 4 rings (SSSR count). The summed E-state index contributed by atoms with van der Waals surface area (Å²) >= 11 is 0. The summed E-state index contributed by atoms with van der Waals surface area (Å²) in [6, 6.07) is 0.396. The molecule has 1 N–H and O–H groups in total. The Hall–Kier alpha value is -0.670. The maximum Gasteiger partial charge on any atom is 0.135 e. The minimum atomic E-state index is -0.133. The first-order chi connectivity index (χ1) is 12.2. The van der Waals surface area contributed by atoms with Gasteiger partial charge in [0.1, 0.15) is 5.78 Å². The van der Waals surface area contributed by atoms with Gasteiger partial charge in [0.2, 0.25) is 0 Å². The molecule has 3 nitrogen and oxygen atoms in total. The lowest BCUT2D eigenvalue weighted by Crippen LogP contribution is -2.51. The van der Waals surface area contributed by atoms with Crippen LogP contribution in [0.25, 0.3) is 0 Å². The summed E-state index contributed by atoms with van der Waals surface area (Å²) < 4.78 is 0. The van der Waals surface area contributed by atoms with Gasteiger partial charge in [-0.25, -0.2) is 0 Å². The topological polar surface area (TPSA) is 40.5 Å². The number of carbonyl (C=O) groups excluding carboxylic acids is 1. The molecule has 146 valence electrons. The average Bonchev–Trinajstić information content (AvgIpc) is 2.89. The van der Waals surface area contributed by atoms with E-state index in [0.29, 0.717) is 23.7 Å². The maximum absolute atomic E-state index is 12.6. The zero-order chi connectivity index (χ0) is 18.9. The van der Waals surface area contributed by atoms with Gasteiger partial charge in [-0.3, -0.25) is 4.79 Å². The number of aliphatic hydroxyl groups excluding tert-OH is 1. The molecule has 0 aliphatic heterocycles. The van der Waals surface area contributed by atoms with E-state index in [9.17, 15) is 9.90 Å². The summed E-state index contributed by atoms with van der Waals surface area (Å²) in [6.45, 7) is 6.73. The van der Waals surface area contributed by atoms with Gasteiger partial charge in [-0.05, 0) is 94.5 Å². The molecule has 3 heteroatoms. The van der Waals surface area contributed by atoms with Crippen LogP contribution in [-0.4, -0.2) is 42.0 Å². The number of Topliss-reactive ketones (excluding diaryl/α,β-unsaturated/α-hetero) is 1. The van der Waals surface area contributed by atoms with Crippen LogP contribution in [0, 0.1) is 34.5 Å². The number of ketones is 1. The number of carbonyl (C=O) groups is 1. The lowest BCUT2D eigenvalue weighted by molar-refractivity contribution is -0.129. The van der Waals surface area contributed by atoms with E-state index in [1.54, 1.807) is 0 Å². The third-order valence-corrected chi connectivity index (χ3v) is 9.21. The van der Waals surface area contributed by atoms with Crippen LogP contribution in [0.1, 0.15) is 65.7 Å². The van der Waals surface area contributed by atoms with E-state index >= 15 is 0 Å². The Kier molecular flexibility index (Phi) is 4.43. The van der Waals surface area contributed by atoms with Gasteiger partial charge in [-0.15, -0.1) is 0 Å². The summed E-state index contributed by atoms with van der Waals surface area (Å²) in [7, 11) is 4.31. The number of hydrogen-bond donors (Lipinski definition) is 1. The Morgan fingerprint density at radius 1 is 1.19 bits per heavy atom. The zero-order valence-corrected chi connectivity index (χ0v) is 17.3. The highest BCUT2D eigenvalue weighted by Gasteiger charge is 2.62. The number of fused-ring (bicyclic) bond motifs is 5. The molecule has 0 heterocycles. The Morgan fingerprint density at radius 3 is 2.58 bits per heavy atom. The molecule has 0 bridgehead atoms. The molecule has 3 saturated carbocycles. The largest absolute Gasteiger partial charge is 0.393 e. The molecule has 8 atom stereocenters. The van der Waals surface area contributed by atoms with Crippen molar-refractivity contribution >= 4 is 5.78 Å². The highest BCUT2D eigenvalue weighted by molar-refractivity contribution is 5.80. The van der Waals surface area contributed by atoms with E-state index in [1.165, 1.54) is 24.8 Å². The van der Waals surface area contributed by atoms with E-state index < -0.39 is 0 Å². The quantitative estimate of drug-likeness (QED) is 0.756. The second-order valence-corrected chi connectivity index (χ2v) is 10.6. The van der Waals surface area contributed by atoms with Gasteiger partial charge in [0.25, 0.3) is 0 Å². The molecule has 0 amide bonds. The number of allylic oxidation sites excluding steroid dienone is 1. The van der Waals surface area contributed by atoms with Crippen molar-refractivity contribution in [3.05, 3.63) is 11.6 Å². The van der Waals surface area contributed by atoms with Gasteiger partial charge >= 0.3 is 0 Å². The van der Waals surface area contributed by atoms with Crippen LogP contribution < -0.4 is 0 Å². The highest BCUT2D eigenvalue weighted by Crippen LogP contribution is 2.66. The monoisotopic (exact) mass is 359 g/mol. The smallest absolute Gasteiger partial charge is 0.135 e. The van der Waals surface area contributed by atoms with Crippen LogP contribution in [0.3, 0.4) is 0 Å². The van der Waals surface area contributed by atoms with Crippen molar-refractivity contribution in [2.24, 2.45) is 34.5 Å². The number of aliphatic hydroxyl groups is 1. The molecular weight excluding hydrogens is 322 g/mol. The van der Waals surface area contributed by atoms with E-state index in [2.05, 4.69) is 38.9 Å². The predicted octanol–water partition coefficient (Wildman–Crippen LogP) is 4.06. The van der Waals surface area contributed by atoms with Crippen LogP contribution in [0.4, 0.5) is 0 Å². The van der Waals surface area contributed by atoms with Gasteiger partial charge in [0, 0.05) is 12.0 Å². The fourth-order valence-corrected chi connectivity index (χ4v) is 7.90. The molecule has 0 aromatic carbocycles. The Morgan fingerprint density at radius 2 is 1.92 bits per heavy atom. The van der Waals surface area contributed by atoms with Crippen molar-refractivity contribution in [3.63, 3.8) is 0 Å². The van der Waals surface area contributed by atoms with Crippen LogP contribution in [-0.2, 0) is 4.79 Å². The van der Waals surface area contributed by atoms with E-state index in [-0.39, 0.29) is 22.9 Å². The second kappa shape index (κ2) is 6.17. The maximum atomic E-state index is 12.6. The third-order valence-electron chi connectivity index (χ3n) is 9.21. The fourth-order valence-electron chi connectivity index (χ4n) is 7.90. The first-order valence-corrected chi connectivity index (χ1v) is 10.7. The van der Waals surface area contributed by atoms with Gasteiger partial charge in [0.15, 0.2) is 0 Å². The van der Waals surface area contributed by atoms with E-state index in [4.69, 9.17) is 0 Å². The SMILES string of the molecule is CC(=O)[C@@H]1[C@H](N(C)C)C[C@@H]2[C@@H]3CC=C4C[C@@H](O)CC[C@]4(C)[C@@H]3CC[C@@]21C. The summed E-state index contributed by atoms with van der Waals surface area (Å²) in [4.78, 5) is 15.0. The van der Waals surface area contributed by atoms with Crippen LogP contribution >= 0.6 is 0 Å². The van der Waals surface area contributed by atoms with Gasteiger partial charge in [0.05, 0.1) is 6.10 Å². The summed E-state index contributed by atoms with van der Waals surface area (Å²) in [5.74, 6) is 2.69. The minimum absolute atomic E-state index is 0.133. The average molecular weight is 360 g/mol. The first kappa shape index (κ1) is 18.7. The molecule has 0 radical (unpaired) electrons. The molecule has 0 aromatic heterocycles. The number of hydrogen-bond acceptors (Lipinski definition) is 3. The molecule has 4 aliphatic carbocycles. The third kappa shape index (κ3) is 2.49. The number of nitrogens with zero attached hydrogens (tertiary/aromatic N) is 1. The van der Waals surface area contributed by atoms with Crippen molar-refractivity contribution in [2.75, 3.05) is 14.1 Å². The molecule has 3 fully saturated rings. The van der Waals surface area contributed by atoms with Crippen LogP contribution in [0.5, 0.6) is 0 Å². The standard InChI is InChI=1S/C23H37NO2/c1-14(25)21-20(24(4)5)13-19-17-7-6-15-12-16(26)8-10-22(15,2)18(17)9-11-23(19,21)3/h6,16-21,26H,7-13H2,1-5H3/t16-,17+,18+,19+,20+,21+,22-,23-/m0/s1. The fraction of sp³-hybridized carbons (Fsp3) is 0.870. The minimum Gasteiger partial charge on any atom is -0.393 e. The summed E-state index contributed by atoms with van der Waals surface area (Å²) in [5, 5.41) is 10.2. The molecule has 0 saturated heterocycles. The molecular formula is C23H37NO2. The van der Waals surface area contributed by atoms with Crippen molar-refractivity contribution in [1.82, 2.24) is 4.90 Å². The first-order valence-electron chi connectivity index (χ1n) is 10.7.